The first kappa shape index (κ1) is 12.3. The Labute approximate surface area is 106 Å². The van der Waals surface area contributed by atoms with Gasteiger partial charge in [0.05, 0.1) is 16.9 Å². The lowest BCUT2D eigenvalue weighted by Crippen LogP contribution is -2.13. The third-order valence-electron chi connectivity index (χ3n) is 2.59. The highest BCUT2D eigenvalue weighted by atomic mass is 32.1. The molecule has 0 atom stereocenters. The highest BCUT2D eigenvalue weighted by Gasteiger charge is 2.10. The van der Waals surface area contributed by atoms with Crippen molar-refractivity contribution in [2.24, 2.45) is 7.05 Å². The molecule has 0 aromatic carbocycles. The Morgan fingerprint density at radius 2 is 2.24 bits per heavy atom. The minimum Gasteiger partial charge on any atom is -0.307 e. The zero-order chi connectivity index (χ0) is 12.3. The van der Waals surface area contributed by atoms with Crippen LogP contribution in [-0.2, 0) is 20.1 Å². The van der Waals surface area contributed by atoms with E-state index in [4.69, 9.17) is 0 Å². The lowest BCUT2D eigenvalue weighted by atomic mass is 10.1. The van der Waals surface area contributed by atoms with Gasteiger partial charge in [-0.15, -0.1) is 11.3 Å². The van der Waals surface area contributed by atoms with Crippen LogP contribution in [0.3, 0.4) is 0 Å². The summed E-state index contributed by atoms with van der Waals surface area (Å²) in [4.78, 5) is 4.25. The number of nitrogens with one attached hydrogen (secondary N) is 1. The van der Waals surface area contributed by atoms with E-state index in [-0.39, 0.29) is 0 Å². The quantitative estimate of drug-likeness (QED) is 0.885. The summed E-state index contributed by atoms with van der Waals surface area (Å²) in [6.07, 6.45) is 2.09. The van der Waals surface area contributed by atoms with Crippen LogP contribution in [0.4, 0.5) is 0 Å². The Kier molecular flexibility index (Phi) is 3.91. The van der Waals surface area contributed by atoms with Crippen molar-refractivity contribution in [3.63, 3.8) is 0 Å². The van der Waals surface area contributed by atoms with Gasteiger partial charge in [0.1, 0.15) is 0 Å². The van der Waals surface area contributed by atoms with Gasteiger partial charge in [0.25, 0.3) is 0 Å². The van der Waals surface area contributed by atoms with Crippen molar-refractivity contribution in [3.8, 4) is 0 Å². The van der Waals surface area contributed by atoms with Crippen LogP contribution in [0.15, 0.2) is 17.1 Å². The van der Waals surface area contributed by atoms with Gasteiger partial charge in [-0.1, -0.05) is 13.8 Å². The average Bonchev–Trinajstić information content (AvgIpc) is 2.88. The SMILES string of the molecule is CC(C)c1nn(C)cc1CNCc1cscn1. The summed E-state index contributed by atoms with van der Waals surface area (Å²) in [5.41, 5.74) is 5.42. The van der Waals surface area contributed by atoms with Crippen molar-refractivity contribution >= 4 is 11.3 Å². The van der Waals surface area contributed by atoms with Crippen molar-refractivity contribution in [3.05, 3.63) is 34.0 Å². The zero-order valence-electron chi connectivity index (χ0n) is 10.5. The number of thiazole rings is 1. The van der Waals surface area contributed by atoms with Crippen LogP contribution in [0.5, 0.6) is 0 Å². The van der Waals surface area contributed by atoms with Crippen LogP contribution < -0.4 is 5.32 Å². The monoisotopic (exact) mass is 250 g/mol. The molecule has 0 spiro atoms. The molecule has 0 aliphatic rings. The van der Waals surface area contributed by atoms with Crippen LogP contribution in [0.2, 0.25) is 0 Å². The molecule has 0 fully saturated rings. The van der Waals surface area contributed by atoms with Gasteiger partial charge < -0.3 is 5.32 Å². The summed E-state index contributed by atoms with van der Waals surface area (Å²) in [5.74, 6) is 0.465. The normalized spacial score (nSPS) is 11.3. The Bertz CT molecular complexity index is 459. The first-order chi connectivity index (χ1) is 8.16. The van der Waals surface area contributed by atoms with E-state index < -0.39 is 0 Å². The molecular weight excluding hydrogens is 232 g/mol. The summed E-state index contributed by atoms with van der Waals surface area (Å²) in [6, 6.07) is 0. The molecule has 0 saturated heterocycles. The first-order valence-corrected chi connectivity index (χ1v) is 6.71. The number of aryl methyl sites for hydroxylation is 1. The second-order valence-corrected chi connectivity index (χ2v) is 5.17. The number of rotatable bonds is 5. The molecule has 0 aliphatic carbocycles. The molecule has 2 rings (SSSR count). The van der Waals surface area contributed by atoms with Crippen LogP contribution in [0.25, 0.3) is 0 Å². The van der Waals surface area contributed by atoms with Gasteiger partial charge in [-0.2, -0.15) is 5.10 Å². The second kappa shape index (κ2) is 5.42. The van der Waals surface area contributed by atoms with Crippen LogP contribution >= 0.6 is 11.3 Å². The number of aromatic nitrogens is 3. The maximum atomic E-state index is 4.49. The summed E-state index contributed by atoms with van der Waals surface area (Å²) in [6.45, 7) is 6.01. The Balaban J connectivity index is 1.94. The van der Waals surface area contributed by atoms with Gasteiger partial charge in [0.15, 0.2) is 0 Å². The van der Waals surface area contributed by atoms with E-state index in [0.717, 1.165) is 18.8 Å². The minimum absolute atomic E-state index is 0.465. The molecule has 0 unspecified atom stereocenters. The maximum absolute atomic E-state index is 4.49. The van der Waals surface area contributed by atoms with Gasteiger partial charge in [0, 0.05) is 37.3 Å². The molecule has 2 aromatic heterocycles. The zero-order valence-corrected chi connectivity index (χ0v) is 11.3. The maximum Gasteiger partial charge on any atom is 0.0795 e. The largest absolute Gasteiger partial charge is 0.307 e. The van der Waals surface area contributed by atoms with Crippen molar-refractivity contribution in [2.45, 2.75) is 32.9 Å². The molecule has 2 heterocycles. The van der Waals surface area contributed by atoms with Crippen molar-refractivity contribution in [1.82, 2.24) is 20.1 Å². The Hall–Kier alpha value is -1.20. The topological polar surface area (TPSA) is 42.7 Å². The van der Waals surface area contributed by atoms with Gasteiger partial charge in [-0.25, -0.2) is 4.98 Å². The summed E-state index contributed by atoms with van der Waals surface area (Å²) >= 11 is 1.63. The summed E-state index contributed by atoms with van der Waals surface area (Å²) in [5, 5.41) is 9.96. The van der Waals surface area contributed by atoms with Crippen LogP contribution in [0.1, 0.15) is 36.7 Å². The predicted octanol–water partition coefficient (Wildman–Crippen LogP) is 2.29. The van der Waals surface area contributed by atoms with Gasteiger partial charge in [-0.3, -0.25) is 4.68 Å². The molecule has 0 aliphatic heterocycles. The number of nitrogens with zero attached hydrogens (tertiary/aromatic N) is 3. The van der Waals surface area contributed by atoms with E-state index in [1.54, 1.807) is 11.3 Å². The average molecular weight is 250 g/mol. The summed E-state index contributed by atoms with van der Waals surface area (Å²) in [7, 11) is 1.97. The molecule has 17 heavy (non-hydrogen) atoms. The molecule has 5 heteroatoms. The van der Waals surface area contributed by atoms with E-state index in [1.165, 1.54) is 11.3 Å². The Morgan fingerprint density at radius 3 is 2.88 bits per heavy atom. The highest BCUT2D eigenvalue weighted by Crippen LogP contribution is 2.17. The van der Waals surface area contributed by atoms with E-state index in [9.17, 15) is 0 Å². The first-order valence-electron chi connectivity index (χ1n) is 5.77. The molecule has 0 saturated carbocycles. The fourth-order valence-corrected chi connectivity index (χ4v) is 2.39. The smallest absolute Gasteiger partial charge is 0.0795 e. The fraction of sp³-hybridized carbons (Fsp3) is 0.500. The molecule has 1 N–H and O–H groups in total. The number of hydrogen-bond donors (Lipinski definition) is 1. The van der Waals surface area contributed by atoms with E-state index >= 15 is 0 Å². The predicted molar refractivity (Wildman–Crippen MR) is 70.0 cm³/mol. The molecular formula is C12H18N4S. The molecule has 4 nitrogen and oxygen atoms in total. The standard InChI is InChI=1S/C12H18N4S/c1-9(2)12-10(6-16(3)15-12)4-13-5-11-7-17-8-14-11/h6-9,13H,4-5H2,1-3H3. The van der Waals surface area contributed by atoms with Crippen molar-refractivity contribution < 1.29 is 0 Å². The summed E-state index contributed by atoms with van der Waals surface area (Å²) < 4.78 is 1.88. The van der Waals surface area contributed by atoms with Gasteiger partial charge in [0.2, 0.25) is 0 Å². The number of hydrogen-bond acceptors (Lipinski definition) is 4. The third kappa shape index (κ3) is 3.14. The highest BCUT2D eigenvalue weighted by molar-refractivity contribution is 7.07. The second-order valence-electron chi connectivity index (χ2n) is 4.45. The fourth-order valence-electron chi connectivity index (χ4n) is 1.83. The Morgan fingerprint density at radius 1 is 1.41 bits per heavy atom. The molecule has 2 aromatic rings. The van der Waals surface area contributed by atoms with E-state index in [1.807, 2.05) is 17.2 Å². The lowest BCUT2D eigenvalue weighted by Gasteiger charge is -2.05. The minimum atomic E-state index is 0.465. The van der Waals surface area contributed by atoms with Crippen molar-refractivity contribution in [2.75, 3.05) is 0 Å². The molecule has 0 amide bonds. The molecule has 0 bridgehead atoms. The molecule has 0 radical (unpaired) electrons. The van der Waals surface area contributed by atoms with Gasteiger partial charge >= 0.3 is 0 Å². The lowest BCUT2D eigenvalue weighted by molar-refractivity contribution is 0.669. The van der Waals surface area contributed by atoms with E-state index in [0.29, 0.717) is 5.92 Å². The van der Waals surface area contributed by atoms with Gasteiger partial charge in [-0.05, 0) is 5.92 Å². The van der Waals surface area contributed by atoms with Crippen molar-refractivity contribution in [1.29, 1.82) is 0 Å². The van der Waals surface area contributed by atoms with E-state index in [2.05, 4.69) is 40.8 Å². The third-order valence-corrected chi connectivity index (χ3v) is 3.22. The molecule has 92 valence electrons. The van der Waals surface area contributed by atoms with Crippen LogP contribution in [-0.4, -0.2) is 14.8 Å². The van der Waals surface area contributed by atoms with Crippen LogP contribution in [0, 0.1) is 0 Å².